The number of aromatic nitrogens is 2. The van der Waals surface area contributed by atoms with Crippen molar-refractivity contribution in [1.82, 2.24) is 25.5 Å². The number of methoxy groups -OCH3 is 1. The summed E-state index contributed by atoms with van der Waals surface area (Å²) < 4.78 is 4.92. The maximum absolute atomic E-state index is 13.3. The topological polar surface area (TPSA) is 116 Å². The Bertz CT molecular complexity index is 1210. The van der Waals surface area contributed by atoms with Gasteiger partial charge in [-0.05, 0) is 40.7 Å². The van der Waals surface area contributed by atoms with Crippen molar-refractivity contribution in [3.05, 3.63) is 66.2 Å². The molecule has 1 aromatic heterocycles. The summed E-state index contributed by atoms with van der Waals surface area (Å²) in [6, 6.07) is 13.4. The van der Waals surface area contributed by atoms with Gasteiger partial charge in [-0.15, -0.1) is 0 Å². The third kappa shape index (κ3) is 8.83. The number of ether oxygens (including phenoxy) is 1. The number of thioether (sulfide) groups is 1. The monoisotopic (exact) mass is 553 g/mol. The van der Waals surface area contributed by atoms with Gasteiger partial charge in [0.15, 0.2) is 0 Å². The third-order valence-electron chi connectivity index (χ3n) is 6.92. The van der Waals surface area contributed by atoms with E-state index in [9.17, 15) is 14.4 Å². The van der Waals surface area contributed by atoms with Crippen LogP contribution in [0.3, 0.4) is 0 Å². The van der Waals surface area contributed by atoms with E-state index in [2.05, 4.69) is 58.7 Å². The molecule has 0 saturated heterocycles. The SMILES string of the molecule is CC[C@H](C)[C@@H](CN(CC(=O)N[C@@H](CCSC)C(=O)OC)Cc1cccc2ccccc12)NC(=O)c1cnc[nH]1. The lowest BCUT2D eigenvalue weighted by Crippen LogP contribution is -2.51. The molecule has 2 amide bonds. The number of imidazole rings is 1. The van der Waals surface area contributed by atoms with Crippen LogP contribution in [0, 0.1) is 5.92 Å². The molecule has 0 aliphatic carbocycles. The molecule has 0 spiro atoms. The number of nitrogens with zero attached hydrogens (tertiary/aromatic N) is 2. The van der Waals surface area contributed by atoms with Crippen LogP contribution in [-0.4, -0.2) is 76.9 Å². The van der Waals surface area contributed by atoms with Crippen molar-refractivity contribution in [3.63, 3.8) is 0 Å². The number of fused-ring (bicyclic) bond motifs is 1. The molecule has 3 aromatic rings. The van der Waals surface area contributed by atoms with Gasteiger partial charge in [-0.2, -0.15) is 11.8 Å². The van der Waals surface area contributed by atoms with Crippen molar-refractivity contribution < 1.29 is 19.1 Å². The van der Waals surface area contributed by atoms with Gasteiger partial charge < -0.3 is 20.4 Å². The molecule has 3 N–H and O–H groups in total. The number of nitrogens with one attached hydrogen (secondary N) is 3. The minimum Gasteiger partial charge on any atom is -0.467 e. The molecule has 2 aromatic carbocycles. The van der Waals surface area contributed by atoms with Gasteiger partial charge in [0.25, 0.3) is 5.91 Å². The average Bonchev–Trinajstić information content (AvgIpc) is 3.49. The quantitative estimate of drug-likeness (QED) is 0.246. The van der Waals surface area contributed by atoms with Crippen molar-refractivity contribution in [2.24, 2.45) is 5.92 Å². The molecule has 0 aliphatic heterocycles. The Balaban J connectivity index is 1.85. The zero-order valence-corrected chi connectivity index (χ0v) is 23.9. The smallest absolute Gasteiger partial charge is 0.328 e. The highest BCUT2D eigenvalue weighted by molar-refractivity contribution is 7.98. The van der Waals surface area contributed by atoms with E-state index in [1.54, 1.807) is 11.8 Å². The van der Waals surface area contributed by atoms with Crippen LogP contribution in [-0.2, 0) is 20.9 Å². The van der Waals surface area contributed by atoms with Crippen molar-refractivity contribution in [1.29, 1.82) is 0 Å². The Labute approximate surface area is 234 Å². The number of aromatic amines is 1. The number of amides is 2. The van der Waals surface area contributed by atoms with Crippen molar-refractivity contribution in [2.75, 3.05) is 32.2 Å². The molecule has 0 bridgehead atoms. The summed E-state index contributed by atoms with van der Waals surface area (Å²) >= 11 is 1.60. The third-order valence-corrected chi connectivity index (χ3v) is 7.56. The average molecular weight is 554 g/mol. The Morgan fingerprint density at radius 3 is 2.59 bits per heavy atom. The molecule has 0 saturated carbocycles. The lowest BCUT2D eigenvalue weighted by molar-refractivity contribution is -0.145. The number of hydrogen-bond donors (Lipinski definition) is 3. The molecular weight excluding hydrogens is 514 g/mol. The number of carbonyl (C=O) groups excluding carboxylic acids is 3. The van der Waals surface area contributed by atoms with E-state index in [0.29, 0.717) is 25.2 Å². The molecule has 210 valence electrons. The molecule has 9 nitrogen and oxygen atoms in total. The lowest BCUT2D eigenvalue weighted by Gasteiger charge is -2.31. The summed E-state index contributed by atoms with van der Waals surface area (Å²) in [5, 5.41) is 8.23. The highest BCUT2D eigenvalue weighted by atomic mass is 32.2. The van der Waals surface area contributed by atoms with E-state index in [1.807, 2.05) is 29.4 Å². The van der Waals surface area contributed by atoms with Crippen molar-refractivity contribution in [2.45, 2.75) is 45.3 Å². The number of hydrogen-bond acceptors (Lipinski definition) is 7. The van der Waals surface area contributed by atoms with Gasteiger partial charge in [-0.1, -0.05) is 62.7 Å². The summed E-state index contributed by atoms with van der Waals surface area (Å²) in [6.45, 7) is 5.16. The number of rotatable bonds is 15. The second-order valence-electron chi connectivity index (χ2n) is 9.66. The maximum atomic E-state index is 13.3. The van der Waals surface area contributed by atoms with Crippen LogP contribution in [0.25, 0.3) is 10.8 Å². The van der Waals surface area contributed by atoms with Crippen LogP contribution in [0.15, 0.2) is 55.0 Å². The molecule has 3 atom stereocenters. The number of carbonyl (C=O) groups is 3. The van der Waals surface area contributed by atoms with Gasteiger partial charge in [0.2, 0.25) is 5.91 Å². The fourth-order valence-electron chi connectivity index (χ4n) is 4.48. The van der Waals surface area contributed by atoms with Crippen LogP contribution in [0.2, 0.25) is 0 Å². The Morgan fingerprint density at radius 2 is 1.90 bits per heavy atom. The van der Waals surface area contributed by atoms with E-state index in [4.69, 9.17) is 4.74 Å². The van der Waals surface area contributed by atoms with Gasteiger partial charge in [0.05, 0.1) is 26.2 Å². The van der Waals surface area contributed by atoms with E-state index >= 15 is 0 Å². The lowest BCUT2D eigenvalue weighted by atomic mass is 9.97. The summed E-state index contributed by atoms with van der Waals surface area (Å²) in [5.74, 6) is -0.0958. The summed E-state index contributed by atoms with van der Waals surface area (Å²) in [7, 11) is 1.33. The normalized spacial score (nSPS) is 13.6. The number of esters is 1. The summed E-state index contributed by atoms with van der Waals surface area (Å²) in [5.41, 5.74) is 1.46. The molecular formula is C29H39N5O4S. The van der Waals surface area contributed by atoms with E-state index in [0.717, 1.165) is 28.5 Å². The minimum absolute atomic E-state index is 0.0584. The molecule has 0 radical (unpaired) electrons. The fraction of sp³-hybridized carbons (Fsp3) is 0.448. The predicted octanol–water partition coefficient (Wildman–Crippen LogP) is 3.62. The summed E-state index contributed by atoms with van der Waals surface area (Å²) in [6.07, 6.45) is 6.25. The van der Waals surface area contributed by atoms with Crippen LogP contribution < -0.4 is 10.6 Å². The minimum atomic E-state index is -0.709. The largest absolute Gasteiger partial charge is 0.467 e. The first-order valence-corrected chi connectivity index (χ1v) is 14.6. The van der Waals surface area contributed by atoms with Crippen molar-refractivity contribution in [3.8, 4) is 0 Å². The molecule has 0 unspecified atom stereocenters. The van der Waals surface area contributed by atoms with E-state index < -0.39 is 12.0 Å². The molecule has 0 aliphatic rings. The molecule has 10 heteroatoms. The number of H-pyrrole nitrogens is 1. The number of benzene rings is 2. The van der Waals surface area contributed by atoms with Crippen LogP contribution in [0.4, 0.5) is 0 Å². The highest BCUT2D eigenvalue weighted by Gasteiger charge is 2.26. The van der Waals surface area contributed by atoms with Gasteiger partial charge >= 0.3 is 5.97 Å². The van der Waals surface area contributed by atoms with E-state index in [-0.39, 0.29) is 30.3 Å². The zero-order valence-electron chi connectivity index (χ0n) is 23.1. The second-order valence-corrected chi connectivity index (χ2v) is 10.6. The standard InChI is InChI=1S/C29H39N5O4S/c1-5-20(2)26(33-28(36)25-15-30-19-31-25)17-34(16-22-11-8-10-21-9-6-7-12-23(21)22)18-27(35)32-24(13-14-39-4)29(37)38-3/h6-12,15,19-20,24,26H,5,13-14,16-18H2,1-4H3,(H,30,31)(H,32,35)(H,33,36)/t20-,24-,26+/m0/s1. The van der Waals surface area contributed by atoms with Gasteiger partial charge in [0.1, 0.15) is 11.7 Å². The van der Waals surface area contributed by atoms with Crippen LogP contribution in [0.5, 0.6) is 0 Å². The van der Waals surface area contributed by atoms with Gasteiger partial charge in [-0.25, -0.2) is 9.78 Å². The maximum Gasteiger partial charge on any atom is 0.328 e. The van der Waals surface area contributed by atoms with Crippen LogP contribution in [0.1, 0.15) is 42.7 Å². The first kappa shape index (κ1) is 30.2. The van der Waals surface area contributed by atoms with Gasteiger partial charge in [0, 0.05) is 19.1 Å². The van der Waals surface area contributed by atoms with Gasteiger partial charge in [-0.3, -0.25) is 14.5 Å². The molecule has 1 heterocycles. The Morgan fingerprint density at radius 1 is 1.13 bits per heavy atom. The fourth-order valence-corrected chi connectivity index (χ4v) is 4.95. The molecule has 3 rings (SSSR count). The Kier molecular flexibility index (Phi) is 11.8. The second kappa shape index (κ2) is 15.3. The zero-order chi connectivity index (χ0) is 28.2. The first-order chi connectivity index (χ1) is 18.9. The predicted molar refractivity (Wildman–Crippen MR) is 155 cm³/mol. The summed E-state index contributed by atoms with van der Waals surface area (Å²) in [4.78, 5) is 47.3. The van der Waals surface area contributed by atoms with Crippen molar-refractivity contribution >= 4 is 40.3 Å². The first-order valence-electron chi connectivity index (χ1n) is 13.2. The Hall–Kier alpha value is -3.37. The van der Waals surface area contributed by atoms with E-state index in [1.165, 1.54) is 19.6 Å². The molecule has 39 heavy (non-hydrogen) atoms. The highest BCUT2D eigenvalue weighted by Crippen LogP contribution is 2.21. The molecule has 0 fully saturated rings. The van der Waals surface area contributed by atoms with Crippen LogP contribution >= 0.6 is 11.8 Å².